The topological polar surface area (TPSA) is 49.9 Å². The summed E-state index contributed by atoms with van der Waals surface area (Å²) in [6.07, 6.45) is 0.688. The summed E-state index contributed by atoms with van der Waals surface area (Å²) in [6, 6.07) is 18.8. The summed E-state index contributed by atoms with van der Waals surface area (Å²) in [5.74, 6) is 0.476. The van der Waals surface area contributed by atoms with Crippen molar-refractivity contribution in [1.29, 1.82) is 0 Å². The lowest BCUT2D eigenvalue weighted by molar-refractivity contribution is -0.132. The van der Waals surface area contributed by atoms with E-state index >= 15 is 0 Å². The molecule has 1 saturated heterocycles. The molecule has 5 heteroatoms. The van der Waals surface area contributed by atoms with Gasteiger partial charge in [-0.2, -0.15) is 0 Å². The van der Waals surface area contributed by atoms with Crippen molar-refractivity contribution in [1.82, 2.24) is 4.90 Å². The van der Waals surface area contributed by atoms with Crippen LogP contribution in [0.25, 0.3) is 0 Å². The van der Waals surface area contributed by atoms with Crippen molar-refractivity contribution in [2.45, 2.75) is 6.42 Å². The zero-order chi connectivity index (χ0) is 17.6. The first-order valence-corrected chi connectivity index (χ1v) is 8.43. The Labute approximate surface area is 147 Å². The number of benzene rings is 2. The van der Waals surface area contributed by atoms with Gasteiger partial charge < -0.3 is 14.5 Å². The highest BCUT2D eigenvalue weighted by molar-refractivity contribution is 5.95. The Morgan fingerprint density at radius 3 is 2.40 bits per heavy atom. The van der Waals surface area contributed by atoms with Crippen LogP contribution in [0.2, 0.25) is 0 Å². The zero-order valence-electron chi connectivity index (χ0n) is 14.3. The summed E-state index contributed by atoms with van der Waals surface area (Å²) < 4.78 is 5.51. The molecule has 2 amide bonds. The summed E-state index contributed by atoms with van der Waals surface area (Å²) in [5, 5.41) is 0. The molecule has 0 radical (unpaired) electrons. The van der Waals surface area contributed by atoms with E-state index in [1.165, 1.54) is 0 Å². The van der Waals surface area contributed by atoms with Crippen molar-refractivity contribution in [2.75, 3.05) is 31.6 Å². The molecule has 1 heterocycles. The smallest absolute Gasteiger partial charge is 0.260 e. The summed E-state index contributed by atoms with van der Waals surface area (Å²) in [6.45, 7) is 1.04. The molecule has 0 N–H and O–H groups in total. The van der Waals surface area contributed by atoms with Gasteiger partial charge in [0.05, 0.1) is 5.92 Å². The molecule has 1 unspecified atom stereocenters. The summed E-state index contributed by atoms with van der Waals surface area (Å²) in [5.41, 5.74) is 0.865. The minimum atomic E-state index is -0.161. The Morgan fingerprint density at radius 1 is 1.08 bits per heavy atom. The molecule has 0 spiro atoms. The van der Waals surface area contributed by atoms with E-state index in [4.69, 9.17) is 4.74 Å². The second kappa shape index (κ2) is 7.83. The number of carbonyl (C=O) groups is 2. The Morgan fingerprint density at radius 2 is 1.72 bits per heavy atom. The fourth-order valence-corrected chi connectivity index (χ4v) is 2.99. The van der Waals surface area contributed by atoms with Gasteiger partial charge in [0.15, 0.2) is 6.61 Å². The molecular weight excluding hydrogens is 316 g/mol. The van der Waals surface area contributed by atoms with Crippen molar-refractivity contribution in [3.8, 4) is 5.75 Å². The lowest BCUT2D eigenvalue weighted by Gasteiger charge is -2.21. The number of anilines is 1. The van der Waals surface area contributed by atoms with E-state index < -0.39 is 0 Å². The number of hydrogen-bond acceptors (Lipinski definition) is 3. The molecule has 0 bridgehead atoms. The minimum absolute atomic E-state index is 0.000547. The number of rotatable bonds is 5. The molecule has 1 aliphatic heterocycles. The van der Waals surface area contributed by atoms with Gasteiger partial charge >= 0.3 is 0 Å². The number of ether oxygens (including phenoxy) is 1. The molecule has 2 aromatic rings. The fourth-order valence-electron chi connectivity index (χ4n) is 2.99. The van der Waals surface area contributed by atoms with Crippen LogP contribution in [0.15, 0.2) is 60.7 Å². The van der Waals surface area contributed by atoms with Crippen LogP contribution >= 0.6 is 0 Å². The van der Waals surface area contributed by atoms with Crippen LogP contribution in [0.3, 0.4) is 0 Å². The van der Waals surface area contributed by atoms with Gasteiger partial charge in [-0.1, -0.05) is 36.4 Å². The third-order valence-electron chi connectivity index (χ3n) is 4.47. The molecular formula is C20H22N2O3. The molecule has 0 aliphatic carbocycles. The summed E-state index contributed by atoms with van der Waals surface area (Å²) in [4.78, 5) is 28.3. The highest BCUT2D eigenvalue weighted by Gasteiger charge is 2.33. The SMILES string of the molecule is CN(C(=O)C1CCN(C(=O)COc2ccccc2)C1)c1ccccc1. The predicted molar refractivity (Wildman–Crippen MR) is 96.5 cm³/mol. The normalized spacial score (nSPS) is 16.5. The summed E-state index contributed by atoms with van der Waals surface area (Å²) >= 11 is 0. The van der Waals surface area contributed by atoms with Crippen LogP contribution in [-0.2, 0) is 9.59 Å². The first kappa shape index (κ1) is 17.0. The first-order chi connectivity index (χ1) is 12.1. The maximum Gasteiger partial charge on any atom is 0.260 e. The zero-order valence-corrected chi connectivity index (χ0v) is 14.3. The van der Waals surface area contributed by atoms with Gasteiger partial charge in [-0.25, -0.2) is 0 Å². The van der Waals surface area contributed by atoms with Crippen molar-refractivity contribution < 1.29 is 14.3 Å². The largest absolute Gasteiger partial charge is 0.484 e. The lowest BCUT2D eigenvalue weighted by Crippen LogP contribution is -2.37. The lowest BCUT2D eigenvalue weighted by atomic mass is 10.1. The molecule has 1 fully saturated rings. The second-order valence-corrected chi connectivity index (χ2v) is 6.16. The maximum absolute atomic E-state index is 12.6. The number of hydrogen-bond donors (Lipinski definition) is 0. The van der Waals surface area contributed by atoms with Crippen molar-refractivity contribution in [3.63, 3.8) is 0 Å². The van der Waals surface area contributed by atoms with Crippen molar-refractivity contribution >= 4 is 17.5 Å². The van der Waals surface area contributed by atoms with Crippen molar-refractivity contribution in [3.05, 3.63) is 60.7 Å². The number of nitrogens with zero attached hydrogens (tertiary/aromatic N) is 2. The number of carbonyl (C=O) groups excluding carboxylic acids is 2. The molecule has 5 nitrogen and oxygen atoms in total. The van der Waals surface area contributed by atoms with Crippen molar-refractivity contribution in [2.24, 2.45) is 5.92 Å². The maximum atomic E-state index is 12.6. The number of likely N-dealkylation sites (tertiary alicyclic amines) is 1. The molecule has 1 aliphatic rings. The highest BCUT2D eigenvalue weighted by Crippen LogP contribution is 2.22. The molecule has 3 rings (SSSR count). The van der Waals surface area contributed by atoms with Gasteiger partial charge in [-0.05, 0) is 30.7 Å². The van der Waals surface area contributed by atoms with Crippen LogP contribution in [0.5, 0.6) is 5.75 Å². The Bertz CT molecular complexity index is 718. The van der Waals surface area contributed by atoms with E-state index in [2.05, 4.69) is 0 Å². The molecule has 130 valence electrons. The average molecular weight is 338 g/mol. The Kier molecular flexibility index (Phi) is 5.33. The summed E-state index contributed by atoms with van der Waals surface area (Å²) in [7, 11) is 1.78. The van der Waals surface area contributed by atoms with E-state index in [1.54, 1.807) is 16.8 Å². The second-order valence-electron chi connectivity index (χ2n) is 6.16. The minimum Gasteiger partial charge on any atom is -0.484 e. The van der Waals surface area contributed by atoms with Gasteiger partial charge in [-0.15, -0.1) is 0 Å². The standard InChI is InChI=1S/C20H22N2O3/c1-21(17-8-4-2-5-9-17)20(24)16-12-13-22(14-16)19(23)15-25-18-10-6-3-7-11-18/h2-11,16H,12-15H2,1H3. The van der Waals surface area contributed by atoms with Gasteiger partial charge in [0.2, 0.25) is 5.91 Å². The van der Waals surface area contributed by atoms with Crippen LogP contribution < -0.4 is 9.64 Å². The Balaban J connectivity index is 1.52. The molecule has 0 aromatic heterocycles. The van der Waals surface area contributed by atoms with Gasteiger partial charge in [-0.3, -0.25) is 9.59 Å². The fraction of sp³-hybridized carbons (Fsp3) is 0.300. The van der Waals surface area contributed by atoms with Gasteiger partial charge in [0.1, 0.15) is 5.75 Å². The van der Waals surface area contributed by atoms with Gasteiger partial charge in [0.25, 0.3) is 5.91 Å². The molecule has 25 heavy (non-hydrogen) atoms. The van der Waals surface area contributed by atoms with E-state index in [0.717, 1.165) is 5.69 Å². The molecule has 2 aromatic carbocycles. The van der Waals surface area contributed by atoms with E-state index in [-0.39, 0.29) is 24.3 Å². The number of para-hydroxylation sites is 2. The van der Waals surface area contributed by atoms with E-state index in [1.807, 2.05) is 60.7 Å². The van der Waals surface area contributed by atoms with Gasteiger partial charge in [0, 0.05) is 25.8 Å². The quantitative estimate of drug-likeness (QED) is 0.842. The third kappa shape index (κ3) is 4.18. The highest BCUT2D eigenvalue weighted by atomic mass is 16.5. The van der Waals surface area contributed by atoms with Crippen LogP contribution in [0.1, 0.15) is 6.42 Å². The average Bonchev–Trinajstić information content (AvgIpc) is 3.17. The van der Waals surface area contributed by atoms with E-state index in [9.17, 15) is 9.59 Å². The molecule has 0 saturated carbocycles. The first-order valence-electron chi connectivity index (χ1n) is 8.43. The van der Waals surface area contributed by atoms with Crippen LogP contribution in [0.4, 0.5) is 5.69 Å². The number of amides is 2. The third-order valence-corrected chi connectivity index (χ3v) is 4.47. The monoisotopic (exact) mass is 338 g/mol. The van der Waals surface area contributed by atoms with Crippen LogP contribution in [-0.4, -0.2) is 43.5 Å². The molecule has 1 atom stereocenters. The van der Waals surface area contributed by atoms with E-state index in [0.29, 0.717) is 25.3 Å². The Hall–Kier alpha value is -2.82. The predicted octanol–water partition coefficient (Wildman–Crippen LogP) is 2.58. The van der Waals surface area contributed by atoms with Crippen LogP contribution in [0, 0.1) is 5.92 Å².